The van der Waals surface area contributed by atoms with E-state index in [0.717, 1.165) is 6.42 Å². The molecule has 132 valence electrons. The number of nitrogens with zero attached hydrogens (tertiary/aromatic N) is 2. The Morgan fingerprint density at radius 3 is 2.75 bits per heavy atom. The fourth-order valence-corrected chi connectivity index (χ4v) is 3.39. The zero-order valence-corrected chi connectivity index (χ0v) is 15.0. The molecule has 24 heavy (non-hydrogen) atoms. The number of likely N-dealkylation sites (tertiary alicyclic amines) is 1. The van der Waals surface area contributed by atoms with Crippen molar-refractivity contribution >= 4 is 41.5 Å². The molecule has 2 aliphatic rings. The number of hydrogen-bond acceptors (Lipinski definition) is 4. The molecule has 8 heteroatoms. The van der Waals surface area contributed by atoms with E-state index in [1.807, 2.05) is 0 Å². The number of carbonyl (C=O) groups excluding carboxylic acids is 2. The Labute approximate surface area is 152 Å². The van der Waals surface area contributed by atoms with Gasteiger partial charge >= 0.3 is 0 Å². The first kappa shape index (κ1) is 18.8. The maximum absolute atomic E-state index is 12.6. The lowest BCUT2D eigenvalue weighted by molar-refractivity contribution is -0.134. The molecule has 1 aromatic carbocycles. The molecule has 2 saturated heterocycles. The third-order valence-corrected chi connectivity index (χ3v) is 4.68. The molecule has 2 aliphatic heterocycles. The number of benzene rings is 1. The van der Waals surface area contributed by atoms with Crippen molar-refractivity contribution in [3.05, 3.63) is 23.2 Å². The number of rotatable bonds is 3. The highest BCUT2D eigenvalue weighted by atomic mass is 35.5. The van der Waals surface area contributed by atoms with Gasteiger partial charge in [-0.1, -0.05) is 11.6 Å². The Morgan fingerprint density at radius 1 is 1.38 bits per heavy atom. The average Bonchev–Trinajstić information content (AvgIpc) is 3.12. The molecule has 2 heterocycles. The van der Waals surface area contributed by atoms with Crippen LogP contribution in [0.15, 0.2) is 18.2 Å². The molecule has 0 aliphatic carbocycles. The number of hydrogen-bond donors (Lipinski definition) is 1. The van der Waals surface area contributed by atoms with Crippen LogP contribution in [0.3, 0.4) is 0 Å². The van der Waals surface area contributed by atoms with Crippen molar-refractivity contribution in [3.63, 3.8) is 0 Å². The highest BCUT2D eigenvalue weighted by Crippen LogP contribution is 2.35. The second kappa shape index (κ2) is 7.59. The van der Waals surface area contributed by atoms with Gasteiger partial charge in [-0.05, 0) is 24.6 Å². The summed E-state index contributed by atoms with van der Waals surface area (Å²) >= 11 is 6.04. The molecule has 2 N–H and O–H groups in total. The van der Waals surface area contributed by atoms with Crippen molar-refractivity contribution in [2.45, 2.75) is 18.9 Å². The molecular weight excluding hydrogens is 353 g/mol. The van der Waals surface area contributed by atoms with E-state index < -0.39 is 0 Å². The summed E-state index contributed by atoms with van der Waals surface area (Å²) in [5.41, 5.74) is 6.47. The minimum Gasteiger partial charge on any atom is -0.495 e. The number of anilines is 1. The van der Waals surface area contributed by atoms with Crippen molar-refractivity contribution < 1.29 is 14.3 Å². The molecule has 0 radical (unpaired) electrons. The molecule has 2 fully saturated rings. The summed E-state index contributed by atoms with van der Waals surface area (Å²) in [7, 11) is 1.54. The van der Waals surface area contributed by atoms with Crippen molar-refractivity contribution in [2.24, 2.45) is 11.7 Å². The van der Waals surface area contributed by atoms with Gasteiger partial charge in [0.2, 0.25) is 11.8 Å². The van der Waals surface area contributed by atoms with Crippen LogP contribution in [0.5, 0.6) is 5.75 Å². The molecule has 3 rings (SSSR count). The number of nitrogens with two attached hydrogens (primary N) is 1. The maximum atomic E-state index is 12.6. The lowest BCUT2D eigenvalue weighted by Crippen LogP contribution is -2.37. The van der Waals surface area contributed by atoms with Gasteiger partial charge in [0.05, 0.1) is 18.7 Å². The van der Waals surface area contributed by atoms with Gasteiger partial charge in [0.15, 0.2) is 0 Å². The summed E-state index contributed by atoms with van der Waals surface area (Å²) in [6.07, 6.45) is 1.03. The first-order valence-corrected chi connectivity index (χ1v) is 8.05. The molecule has 2 amide bonds. The van der Waals surface area contributed by atoms with Crippen molar-refractivity contribution in [1.82, 2.24) is 4.90 Å². The standard InChI is InChI=1S/C16H20ClN3O3.ClH/c1-23-14-3-2-11(17)7-13(14)20-8-10(6-15(20)21)16(22)19-5-4-12(18)9-19;/h2-3,7,10,12H,4-6,8-9,18H2,1H3;1H/t10?,12-;/m1./s1. The van der Waals surface area contributed by atoms with Gasteiger partial charge < -0.3 is 20.3 Å². The molecule has 1 aromatic rings. The van der Waals surface area contributed by atoms with Crippen molar-refractivity contribution in [2.75, 3.05) is 31.6 Å². The molecule has 2 atom stereocenters. The van der Waals surface area contributed by atoms with Gasteiger partial charge in [-0.25, -0.2) is 0 Å². The Bertz CT molecular complexity index is 641. The Kier molecular flexibility index (Phi) is 5.96. The molecule has 0 bridgehead atoms. The first-order chi connectivity index (χ1) is 11.0. The lowest BCUT2D eigenvalue weighted by Gasteiger charge is -2.22. The summed E-state index contributed by atoms with van der Waals surface area (Å²) in [5, 5.41) is 0.522. The Morgan fingerprint density at radius 2 is 2.12 bits per heavy atom. The third-order valence-electron chi connectivity index (χ3n) is 4.44. The SMILES string of the molecule is COc1ccc(Cl)cc1N1CC(C(=O)N2CC[C@@H](N)C2)CC1=O.Cl. The Hall–Kier alpha value is -1.50. The normalized spacial score (nSPS) is 23.4. The van der Waals surface area contributed by atoms with Crippen LogP contribution in [-0.4, -0.2) is 49.5 Å². The lowest BCUT2D eigenvalue weighted by atomic mass is 10.1. The third kappa shape index (κ3) is 3.61. The van der Waals surface area contributed by atoms with E-state index in [0.29, 0.717) is 36.1 Å². The average molecular weight is 374 g/mol. The molecule has 0 aromatic heterocycles. The second-order valence-electron chi connectivity index (χ2n) is 6.05. The largest absolute Gasteiger partial charge is 0.495 e. The smallest absolute Gasteiger partial charge is 0.228 e. The summed E-state index contributed by atoms with van der Waals surface area (Å²) < 4.78 is 5.31. The van der Waals surface area contributed by atoms with Crippen molar-refractivity contribution in [3.8, 4) is 5.75 Å². The quantitative estimate of drug-likeness (QED) is 0.874. The van der Waals surface area contributed by atoms with E-state index >= 15 is 0 Å². The Balaban J connectivity index is 0.00000208. The highest BCUT2D eigenvalue weighted by molar-refractivity contribution is 6.31. The van der Waals surface area contributed by atoms with Gasteiger partial charge in [0.1, 0.15) is 5.75 Å². The van der Waals surface area contributed by atoms with Gasteiger partial charge in [-0.3, -0.25) is 9.59 Å². The number of methoxy groups -OCH3 is 1. The van der Waals surface area contributed by atoms with Gasteiger partial charge in [-0.2, -0.15) is 0 Å². The van der Waals surface area contributed by atoms with Crippen LogP contribution in [-0.2, 0) is 9.59 Å². The number of ether oxygens (including phenoxy) is 1. The van der Waals surface area contributed by atoms with Gasteiger partial charge in [0, 0.05) is 37.1 Å². The van der Waals surface area contributed by atoms with E-state index in [2.05, 4.69) is 0 Å². The first-order valence-electron chi connectivity index (χ1n) is 7.68. The second-order valence-corrected chi connectivity index (χ2v) is 6.49. The van der Waals surface area contributed by atoms with E-state index in [1.54, 1.807) is 35.1 Å². The van der Waals surface area contributed by atoms with Gasteiger partial charge in [-0.15, -0.1) is 12.4 Å². The van der Waals surface area contributed by atoms with E-state index in [4.69, 9.17) is 22.1 Å². The monoisotopic (exact) mass is 373 g/mol. The molecule has 0 spiro atoms. The molecular formula is C16H21Cl2N3O3. The predicted octanol–water partition coefficient (Wildman–Crippen LogP) is 1.68. The zero-order valence-electron chi connectivity index (χ0n) is 13.4. The van der Waals surface area contributed by atoms with E-state index in [9.17, 15) is 9.59 Å². The van der Waals surface area contributed by atoms with Crippen LogP contribution in [0.1, 0.15) is 12.8 Å². The number of halogens is 2. The highest BCUT2D eigenvalue weighted by Gasteiger charge is 2.39. The summed E-state index contributed by atoms with van der Waals surface area (Å²) in [5.74, 6) is 0.151. The fraction of sp³-hybridized carbons (Fsp3) is 0.500. The zero-order chi connectivity index (χ0) is 16.6. The van der Waals surface area contributed by atoms with Crippen LogP contribution >= 0.6 is 24.0 Å². The van der Waals surface area contributed by atoms with Crippen LogP contribution in [0, 0.1) is 5.92 Å². The molecule has 1 unspecified atom stereocenters. The topological polar surface area (TPSA) is 75.9 Å². The molecule has 0 saturated carbocycles. The summed E-state index contributed by atoms with van der Waals surface area (Å²) in [4.78, 5) is 28.3. The van der Waals surface area contributed by atoms with E-state index in [1.165, 1.54) is 0 Å². The maximum Gasteiger partial charge on any atom is 0.228 e. The summed E-state index contributed by atoms with van der Waals surface area (Å²) in [6.45, 7) is 1.59. The van der Waals surface area contributed by atoms with E-state index in [-0.39, 0.29) is 42.6 Å². The molecule has 6 nitrogen and oxygen atoms in total. The van der Waals surface area contributed by atoms with Crippen LogP contribution in [0.25, 0.3) is 0 Å². The van der Waals surface area contributed by atoms with Crippen LogP contribution in [0.4, 0.5) is 5.69 Å². The minimum absolute atomic E-state index is 0. The minimum atomic E-state index is -0.337. The van der Waals surface area contributed by atoms with Crippen molar-refractivity contribution in [1.29, 1.82) is 0 Å². The van der Waals surface area contributed by atoms with Crippen LogP contribution < -0.4 is 15.4 Å². The van der Waals surface area contributed by atoms with Crippen LogP contribution in [0.2, 0.25) is 5.02 Å². The summed E-state index contributed by atoms with van der Waals surface area (Å²) in [6, 6.07) is 5.16. The number of carbonyl (C=O) groups is 2. The fourth-order valence-electron chi connectivity index (χ4n) is 3.23. The van der Waals surface area contributed by atoms with Gasteiger partial charge in [0.25, 0.3) is 0 Å². The predicted molar refractivity (Wildman–Crippen MR) is 94.9 cm³/mol. The number of amides is 2.